The fourth-order valence-corrected chi connectivity index (χ4v) is 2.13. The number of nitrogens with one attached hydrogen (secondary N) is 2. The van der Waals surface area contributed by atoms with E-state index in [1.807, 2.05) is 38.1 Å². The SMILES string of the molecule is Cc1ccc(NC(=O)c2cc(NCC(C)C)ccn2)c(C)c1. The van der Waals surface area contributed by atoms with Crippen LogP contribution in [0.5, 0.6) is 0 Å². The Morgan fingerprint density at radius 2 is 1.95 bits per heavy atom. The van der Waals surface area contributed by atoms with E-state index in [-0.39, 0.29) is 5.91 Å². The van der Waals surface area contributed by atoms with Crippen LogP contribution in [-0.4, -0.2) is 17.4 Å². The molecule has 1 heterocycles. The molecule has 0 aliphatic rings. The number of hydrogen-bond donors (Lipinski definition) is 2. The predicted octanol–water partition coefficient (Wildman–Crippen LogP) is 4.02. The van der Waals surface area contributed by atoms with Crippen LogP contribution < -0.4 is 10.6 Å². The van der Waals surface area contributed by atoms with E-state index in [4.69, 9.17) is 0 Å². The van der Waals surface area contributed by atoms with Crippen LogP contribution in [0.1, 0.15) is 35.5 Å². The van der Waals surface area contributed by atoms with Crippen LogP contribution >= 0.6 is 0 Å². The molecule has 1 amide bonds. The van der Waals surface area contributed by atoms with E-state index < -0.39 is 0 Å². The first-order chi connectivity index (χ1) is 10.5. The van der Waals surface area contributed by atoms with Crippen LogP contribution in [0.15, 0.2) is 36.5 Å². The quantitative estimate of drug-likeness (QED) is 0.876. The lowest BCUT2D eigenvalue weighted by Gasteiger charge is -2.11. The number of carbonyl (C=O) groups is 1. The number of pyridine rings is 1. The lowest BCUT2D eigenvalue weighted by molar-refractivity contribution is 0.102. The third-order valence-corrected chi connectivity index (χ3v) is 3.34. The molecule has 4 nitrogen and oxygen atoms in total. The minimum Gasteiger partial charge on any atom is -0.385 e. The van der Waals surface area contributed by atoms with E-state index in [1.54, 1.807) is 12.3 Å². The van der Waals surface area contributed by atoms with E-state index in [0.29, 0.717) is 11.6 Å². The second-order valence-corrected chi connectivity index (χ2v) is 5.98. The van der Waals surface area contributed by atoms with Gasteiger partial charge in [0.25, 0.3) is 5.91 Å². The van der Waals surface area contributed by atoms with Crippen LogP contribution in [0.2, 0.25) is 0 Å². The summed E-state index contributed by atoms with van der Waals surface area (Å²) in [5.41, 5.74) is 4.36. The van der Waals surface area contributed by atoms with E-state index >= 15 is 0 Å². The largest absolute Gasteiger partial charge is 0.385 e. The summed E-state index contributed by atoms with van der Waals surface area (Å²) in [6.45, 7) is 9.16. The van der Waals surface area contributed by atoms with Crippen LogP contribution in [0.4, 0.5) is 11.4 Å². The highest BCUT2D eigenvalue weighted by Crippen LogP contribution is 2.17. The van der Waals surface area contributed by atoms with Gasteiger partial charge < -0.3 is 10.6 Å². The standard InChI is InChI=1S/C18H23N3O/c1-12(2)11-20-15-7-8-19-17(10-15)18(22)21-16-6-5-13(3)9-14(16)4/h5-10,12H,11H2,1-4H3,(H,19,20)(H,21,22). The molecule has 1 aromatic heterocycles. The maximum Gasteiger partial charge on any atom is 0.274 e. The second-order valence-electron chi connectivity index (χ2n) is 5.98. The van der Waals surface area contributed by atoms with Gasteiger partial charge in [0, 0.05) is 24.1 Å². The summed E-state index contributed by atoms with van der Waals surface area (Å²) in [5.74, 6) is 0.348. The van der Waals surface area contributed by atoms with Crippen LogP contribution in [-0.2, 0) is 0 Å². The molecule has 2 rings (SSSR count). The molecule has 4 heteroatoms. The van der Waals surface area contributed by atoms with Crippen molar-refractivity contribution in [2.75, 3.05) is 17.2 Å². The van der Waals surface area contributed by atoms with Gasteiger partial charge in [0.15, 0.2) is 0 Å². The Labute approximate surface area is 132 Å². The van der Waals surface area contributed by atoms with Crippen molar-refractivity contribution in [2.45, 2.75) is 27.7 Å². The maximum atomic E-state index is 12.3. The molecule has 0 radical (unpaired) electrons. The summed E-state index contributed by atoms with van der Waals surface area (Å²) in [6, 6.07) is 9.60. The van der Waals surface area contributed by atoms with Crippen molar-refractivity contribution in [1.29, 1.82) is 0 Å². The van der Waals surface area contributed by atoms with E-state index in [2.05, 4.69) is 29.5 Å². The highest BCUT2D eigenvalue weighted by molar-refractivity contribution is 6.03. The molecular formula is C18H23N3O. The molecule has 0 saturated heterocycles. The van der Waals surface area contributed by atoms with E-state index in [0.717, 1.165) is 23.5 Å². The Morgan fingerprint density at radius 3 is 2.64 bits per heavy atom. The molecule has 116 valence electrons. The number of benzene rings is 1. The number of aryl methyl sites for hydroxylation is 2. The number of rotatable bonds is 5. The van der Waals surface area contributed by atoms with Crippen molar-refractivity contribution in [3.8, 4) is 0 Å². The lowest BCUT2D eigenvalue weighted by Crippen LogP contribution is -2.15. The van der Waals surface area contributed by atoms with Gasteiger partial charge in [-0.15, -0.1) is 0 Å². The summed E-state index contributed by atoms with van der Waals surface area (Å²) in [6.07, 6.45) is 1.65. The van der Waals surface area contributed by atoms with Crippen LogP contribution in [0.3, 0.4) is 0 Å². The zero-order chi connectivity index (χ0) is 16.1. The minimum absolute atomic E-state index is 0.194. The average Bonchev–Trinajstić information content (AvgIpc) is 2.48. The molecule has 2 aromatic rings. The van der Waals surface area contributed by atoms with Crippen molar-refractivity contribution in [2.24, 2.45) is 5.92 Å². The summed E-state index contributed by atoms with van der Waals surface area (Å²) in [7, 11) is 0. The number of nitrogens with zero attached hydrogens (tertiary/aromatic N) is 1. The first-order valence-electron chi connectivity index (χ1n) is 7.54. The molecular weight excluding hydrogens is 274 g/mol. The molecule has 0 bridgehead atoms. The molecule has 0 atom stereocenters. The van der Waals surface area contributed by atoms with Crippen LogP contribution in [0.25, 0.3) is 0 Å². The Balaban J connectivity index is 2.10. The molecule has 0 saturated carbocycles. The van der Waals surface area contributed by atoms with Crippen molar-refractivity contribution in [3.63, 3.8) is 0 Å². The monoisotopic (exact) mass is 297 g/mol. The molecule has 0 unspecified atom stereocenters. The van der Waals surface area contributed by atoms with Crippen molar-refractivity contribution in [3.05, 3.63) is 53.3 Å². The van der Waals surface area contributed by atoms with Gasteiger partial charge >= 0.3 is 0 Å². The minimum atomic E-state index is -0.194. The van der Waals surface area contributed by atoms with E-state index in [9.17, 15) is 4.79 Å². The zero-order valence-electron chi connectivity index (χ0n) is 13.6. The van der Waals surface area contributed by atoms with Gasteiger partial charge in [-0.05, 0) is 43.5 Å². The fourth-order valence-electron chi connectivity index (χ4n) is 2.13. The smallest absolute Gasteiger partial charge is 0.274 e. The van der Waals surface area contributed by atoms with Crippen molar-refractivity contribution >= 4 is 17.3 Å². The molecule has 2 N–H and O–H groups in total. The fraction of sp³-hybridized carbons (Fsp3) is 0.333. The average molecular weight is 297 g/mol. The summed E-state index contributed by atoms with van der Waals surface area (Å²) in [5, 5.41) is 6.22. The molecule has 0 fully saturated rings. The third-order valence-electron chi connectivity index (χ3n) is 3.34. The molecule has 22 heavy (non-hydrogen) atoms. The predicted molar refractivity (Wildman–Crippen MR) is 91.4 cm³/mol. The van der Waals surface area contributed by atoms with Crippen molar-refractivity contribution < 1.29 is 4.79 Å². The normalized spacial score (nSPS) is 10.6. The molecule has 0 spiro atoms. The lowest BCUT2D eigenvalue weighted by atomic mass is 10.1. The second kappa shape index (κ2) is 7.07. The Morgan fingerprint density at radius 1 is 1.18 bits per heavy atom. The number of amides is 1. The van der Waals surface area contributed by atoms with Gasteiger partial charge in [0.05, 0.1) is 0 Å². The Hall–Kier alpha value is -2.36. The maximum absolute atomic E-state index is 12.3. The molecule has 0 aliphatic heterocycles. The number of hydrogen-bond acceptors (Lipinski definition) is 3. The summed E-state index contributed by atoms with van der Waals surface area (Å²) >= 11 is 0. The van der Waals surface area contributed by atoms with E-state index in [1.165, 1.54) is 5.56 Å². The van der Waals surface area contributed by atoms with Crippen molar-refractivity contribution in [1.82, 2.24) is 4.98 Å². The van der Waals surface area contributed by atoms with Gasteiger partial charge in [-0.1, -0.05) is 31.5 Å². The van der Waals surface area contributed by atoms with Gasteiger partial charge in [0.1, 0.15) is 5.69 Å². The highest BCUT2D eigenvalue weighted by atomic mass is 16.1. The third kappa shape index (κ3) is 4.32. The molecule has 0 aliphatic carbocycles. The number of carbonyl (C=O) groups excluding carboxylic acids is 1. The Bertz CT molecular complexity index is 665. The topological polar surface area (TPSA) is 54.0 Å². The first-order valence-corrected chi connectivity index (χ1v) is 7.54. The summed E-state index contributed by atoms with van der Waals surface area (Å²) < 4.78 is 0. The number of anilines is 2. The van der Waals surface area contributed by atoms with Gasteiger partial charge in [0.2, 0.25) is 0 Å². The zero-order valence-corrected chi connectivity index (χ0v) is 13.6. The van der Waals surface area contributed by atoms with Gasteiger partial charge in [-0.3, -0.25) is 9.78 Å². The first kappa shape index (κ1) is 16.0. The summed E-state index contributed by atoms with van der Waals surface area (Å²) in [4.78, 5) is 16.5. The Kier molecular flexibility index (Phi) is 5.15. The molecule has 1 aromatic carbocycles. The van der Waals surface area contributed by atoms with Crippen LogP contribution in [0, 0.1) is 19.8 Å². The number of aromatic nitrogens is 1. The van der Waals surface area contributed by atoms with Gasteiger partial charge in [-0.2, -0.15) is 0 Å². The highest BCUT2D eigenvalue weighted by Gasteiger charge is 2.10. The van der Waals surface area contributed by atoms with Gasteiger partial charge in [-0.25, -0.2) is 0 Å².